The summed E-state index contributed by atoms with van der Waals surface area (Å²) in [7, 11) is 4.08. The highest BCUT2D eigenvalue weighted by molar-refractivity contribution is 5.92. The Labute approximate surface area is 300 Å². The average molecular weight is 716 g/mol. The molecule has 284 valence electrons. The lowest BCUT2D eigenvalue weighted by Gasteiger charge is -2.36. The van der Waals surface area contributed by atoms with E-state index in [1.54, 1.807) is 23.6 Å². The third-order valence-corrected chi connectivity index (χ3v) is 10.4. The fourth-order valence-corrected chi connectivity index (χ4v) is 7.15. The summed E-state index contributed by atoms with van der Waals surface area (Å²) in [6.45, 7) is 10.7. The van der Waals surface area contributed by atoms with Crippen LogP contribution in [0.3, 0.4) is 0 Å². The number of piperazine rings is 2. The van der Waals surface area contributed by atoms with Crippen LogP contribution in [0.15, 0.2) is 18.2 Å². The number of hydrogen-bond donors (Lipinski definition) is 4. The van der Waals surface area contributed by atoms with E-state index in [0.29, 0.717) is 38.2 Å². The Morgan fingerprint density at radius 2 is 1.20 bits per heavy atom. The maximum atomic E-state index is 13.0. The normalized spacial score (nSPS) is 23.3. The Balaban J connectivity index is 0.000000261. The van der Waals surface area contributed by atoms with E-state index in [-0.39, 0.29) is 54.0 Å². The van der Waals surface area contributed by atoms with Crippen molar-refractivity contribution in [3.05, 3.63) is 23.8 Å². The summed E-state index contributed by atoms with van der Waals surface area (Å²) in [4.78, 5) is 74.4. The third-order valence-electron chi connectivity index (χ3n) is 10.4. The number of likely N-dealkylation sites (tertiary alicyclic amines) is 2. The molecule has 4 saturated heterocycles. The molecule has 5 N–H and O–H groups in total. The van der Waals surface area contributed by atoms with Gasteiger partial charge in [-0.05, 0) is 64.4 Å². The fraction of sp³-hybridized carbons (Fsp3) is 0.694. The van der Waals surface area contributed by atoms with Crippen LogP contribution < -0.4 is 5.73 Å². The van der Waals surface area contributed by atoms with Crippen molar-refractivity contribution in [1.82, 2.24) is 29.4 Å². The Morgan fingerprint density at radius 1 is 0.725 bits per heavy atom. The van der Waals surface area contributed by atoms with Crippen molar-refractivity contribution in [3.8, 4) is 11.5 Å². The van der Waals surface area contributed by atoms with Crippen LogP contribution in [0.2, 0.25) is 0 Å². The van der Waals surface area contributed by atoms with Gasteiger partial charge >= 0.3 is 0 Å². The molecule has 4 heterocycles. The molecule has 0 radical (unpaired) electrons. The minimum absolute atomic E-state index is 0.0188. The molecule has 0 bridgehead atoms. The first-order valence-corrected chi connectivity index (χ1v) is 18.2. The van der Waals surface area contributed by atoms with E-state index in [0.717, 1.165) is 58.5 Å². The summed E-state index contributed by atoms with van der Waals surface area (Å²) < 4.78 is 0. The van der Waals surface area contributed by atoms with Gasteiger partial charge in [0.2, 0.25) is 23.6 Å². The summed E-state index contributed by atoms with van der Waals surface area (Å²) >= 11 is 0. The molecule has 0 spiro atoms. The van der Waals surface area contributed by atoms with Gasteiger partial charge in [0.25, 0.3) is 0 Å². The van der Waals surface area contributed by atoms with Gasteiger partial charge in [-0.15, -0.1) is 0 Å². The van der Waals surface area contributed by atoms with Crippen molar-refractivity contribution in [3.63, 3.8) is 0 Å². The summed E-state index contributed by atoms with van der Waals surface area (Å²) in [6.07, 6.45) is 1.56. The fourth-order valence-electron chi connectivity index (χ4n) is 7.15. The van der Waals surface area contributed by atoms with E-state index in [9.17, 15) is 39.3 Å². The van der Waals surface area contributed by atoms with Gasteiger partial charge in [0.05, 0.1) is 6.04 Å². The van der Waals surface area contributed by atoms with Crippen molar-refractivity contribution in [2.24, 2.45) is 11.7 Å². The van der Waals surface area contributed by atoms with Crippen molar-refractivity contribution in [2.75, 3.05) is 79.5 Å². The highest BCUT2D eigenvalue weighted by Gasteiger charge is 2.40. The SMILES string of the molecule is C[C@H](CC(=O)[C@H](O)Cc1ccc(O)c(O)c1)C(=O)N1CCC[C@H]1C(=O)N1CCN(C)CC1.C[C@H](N)C(=O)N1CCC[C@H]1C(=O)N1CCN(C)CC1. The number of hydrogen-bond acceptors (Lipinski definition) is 11. The quantitative estimate of drug-likeness (QED) is 0.240. The summed E-state index contributed by atoms with van der Waals surface area (Å²) in [5, 5.41) is 29.2. The number of ketones is 1. The van der Waals surface area contributed by atoms with Gasteiger partial charge in [0.1, 0.15) is 18.2 Å². The number of aromatic hydroxyl groups is 2. The molecule has 4 fully saturated rings. The largest absolute Gasteiger partial charge is 0.504 e. The molecule has 1 aromatic carbocycles. The van der Waals surface area contributed by atoms with Gasteiger partial charge in [-0.3, -0.25) is 24.0 Å². The van der Waals surface area contributed by atoms with Gasteiger partial charge in [-0.1, -0.05) is 13.0 Å². The predicted molar refractivity (Wildman–Crippen MR) is 190 cm³/mol. The second kappa shape index (κ2) is 18.1. The van der Waals surface area contributed by atoms with Crippen molar-refractivity contribution in [2.45, 2.75) is 76.6 Å². The molecule has 1 aromatic rings. The Bertz CT molecular complexity index is 1390. The standard InChI is InChI=1S/C23H33N3O6.C13H24N4O2/c1-15(12-19(28)21(30)14-16-5-6-18(27)20(29)13-16)22(31)26-7-3-4-17(26)23(32)25-10-8-24(2)9-11-25;1-10(14)12(18)17-5-3-4-11(17)13(19)16-8-6-15(2)7-9-16/h5-6,13,15,17,21,27,29-30H,3-4,7-12,14H2,1-2H3;10-11H,3-9,14H2,1-2H3/t15-,17+,21-;10-,11-/m10/s1. The van der Waals surface area contributed by atoms with Gasteiger partial charge in [0, 0.05) is 84.2 Å². The molecule has 0 unspecified atom stereocenters. The molecule has 51 heavy (non-hydrogen) atoms. The number of aliphatic hydroxyl groups excluding tert-OH is 1. The highest BCUT2D eigenvalue weighted by Crippen LogP contribution is 2.27. The zero-order valence-corrected chi connectivity index (χ0v) is 30.6. The molecule has 0 saturated carbocycles. The lowest BCUT2D eigenvalue weighted by atomic mass is 9.96. The summed E-state index contributed by atoms with van der Waals surface area (Å²) in [5.41, 5.74) is 6.15. The number of Topliss-reactive ketones (excluding diaryl/α,β-unsaturated/α-hetero) is 1. The van der Waals surface area contributed by atoms with E-state index >= 15 is 0 Å². The molecule has 15 nitrogen and oxygen atoms in total. The predicted octanol–water partition coefficient (Wildman–Crippen LogP) is -0.540. The second-order valence-corrected chi connectivity index (χ2v) is 14.5. The average Bonchev–Trinajstić information content (AvgIpc) is 3.80. The number of rotatable bonds is 9. The monoisotopic (exact) mass is 715 g/mol. The van der Waals surface area contributed by atoms with Gasteiger partial charge in [-0.25, -0.2) is 0 Å². The number of aliphatic hydroxyl groups is 1. The van der Waals surface area contributed by atoms with E-state index < -0.39 is 29.9 Å². The van der Waals surface area contributed by atoms with Crippen LogP contribution in [0.25, 0.3) is 0 Å². The van der Waals surface area contributed by atoms with E-state index in [1.807, 2.05) is 16.8 Å². The van der Waals surface area contributed by atoms with Crippen LogP contribution in [-0.2, 0) is 30.4 Å². The van der Waals surface area contributed by atoms with Crippen LogP contribution in [0.1, 0.15) is 51.5 Å². The Morgan fingerprint density at radius 3 is 1.65 bits per heavy atom. The third kappa shape index (κ3) is 10.4. The number of nitrogens with zero attached hydrogens (tertiary/aromatic N) is 6. The number of phenolic OH excluding ortho intramolecular Hbond substituents is 2. The van der Waals surface area contributed by atoms with E-state index in [4.69, 9.17) is 5.73 Å². The van der Waals surface area contributed by atoms with Crippen LogP contribution in [0, 0.1) is 5.92 Å². The van der Waals surface area contributed by atoms with Gasteiger partial charge in [0.15, 0.2) is 17.3 Å². The molecule has 4 amide bonds. The maximum absolute atomic E-state index is 13.0. The number of carbonyl (C=O) groups is 5. The van der Waals surface area contributed by atoms with Crippen LogP contribution in [0.5, 0.6) is 11.5 Å². The number of likely N-dealkylation sites (N-methyl/N-ethyl adjacent to an activating group) is 2. The summed E-state index contributed by atoms with van der Waals surface area (Å²) in [5.74, 6) is -1.99. The van der Waals surface area contributed by atoms with Crippen LogP contribution in [-0.4, -0.2) is 178 Å². The van der Waals surface area contributed by atoms with Gasteiger partial charge in [-0.2, -0.15) is 0 Å². The zero-order chi connectivity index (χ0) is 37.4. The minimum Gasteiger partial charge on any atom is -0.504 e. The molecule has 15 heteroatoms. The molecule has 4 aliphatic heterocycles. The van der Waals surface area contributed by atoms with Crippen molar-refractivity contribution >= 4 is 29.4 Å². The van der Waals surface area contributed by atoms with Crippen LogP contribution >= 0.6 is 0 Å². The molecule has 4 aliphatic rings. The lowest BCUT2D eigenvalue weighted by Crippen LogP contribution is -2.55. The number of phenols is 2. The molecular weight excluding hydrogens is 658 g/mol. The molecule has 5 rings (SSSR count). The zero-order valence-electron chi connectivity index (χ0n) is 30.6. The number of carbonyl (C=O) groups excluding carboxylic acids is 5. The molecular formula is C36H57N7O8. The van der Waals surface area contributed by atoms with E-state index in [1.165, 1.54) is 18.2 Å². The first-order valence-electron chi connectivity index (χ1n) is 18.2. The lowest BCUT2D eigenvalue weighted by molar-refractivity contribution is -0.147. The highest BCUT2D eigenvalue weighted by atomic mass is 16.3. The molecule has 0 aromatic heterocycles. The minimum atomic E-state index is -1.32. The maximum Gasteiger partial charge on any atom is 0.245 e. The van der Waals surface area contributed by atoms with Crippen LogP contribution in [0.4, 0.5) is 0 Å². The first kappa shape index (κ1) is 40.0. The topological polar surface area (TPSA) is 192 Å². The van der Waals surface area contributed by atoms with E-state index in [2.05, 4.69) is 16.8 Å². The van der Waals surface area contributed by atoms with Crippen molar-refractivity contribution in [1.29, 1.82) is 0 Å². The summed E-state index contributed by atoms with van der Waals surface area (Å²) in [6, 6.07) is 2.80. The Hall–Kier alpha value is -3.79. The second-order valence-electron chi connectivity index (χ2n) is 14.5. The first-order chi connectivity index (χ1) is 24.2. The number of benzene rings is 1. The molecule has 0 aliphatic carbocycles. The Kier molecular flexibility index (Phi) is 14.2. The van der Waals surface area contributed by atoms with Crippen molar-refractivity contribution < 1.29 is 39.3 Å². The number of amides is 4. The number of nitrogens with two attached hydrogens (primary N) is 1. The van der Waals surface area contributed by atoms with Gasteiger partial charge < -0.3 is 50.5 Å². The smallest absolute Gasteiger partial charge is 0.245 e. The molecule has 5 atom stereocenters.